The lowest BCUT2D eigenvalue weighted by atomic mass is 10.3. The minimum absolute atomic E-state index is 0.0949. The maximum absolute atomic E-state index is 12.6. The van der Waals surface area contributed by atoms with Crippen molar-refractivity contribution in [1.82, 2.24) is 0 Å². The second-order valence-electron chi connectivity index (χ2n) is 2.49. The lowest BCUT2D eigenvalue weighted by Gasteiger charge is -2.03. The maximum atomic E-state index is 12.6. The number of nitrogens with one attached hydrogen (secondary N) is 1. The van der Waals surface area contributed by atoms with E-state index in [0.29, 0.717) is 13.0 Å². The molecule has 0 spiro atoms. The Hall–Kier alpha value is -1.09. The zero-order chi connectivity index (χ0) is 8.81. The van der Waals surface area contributed by atoms with Crippen molar-refractivity contribution < 1.29 is 9.50 Å². The van der Waals surface area contributed by atoms with Crippen LogP contribution in [-0.2, 0) is 5.11 Å². The first-order valence-electron chi connectivity index (χ1n) is 3.90. The molecule has 0 aromatic heterocycles. The van der Waals surface area contributed by atoms with Crippen molar-refractivity contribution in [2.24, 2.45) is 0 Å². The Morgan fingerprint density at radius 3 is 2.92 bits per heavy atom. The summed E-state index contributed by atoms with van der Waals surface area (Å²) in [6.07, 6.45) is 0.566. The van der Waals surface area contributed by atoms with Gasteiger partial charge in [0, 0.05) is 12.2 Å². The lowest BCUT2D eigenvalue weighted by Crippen LogP contribution is -2.02. The van der Waals surface area contributed by atoms with Gasteiger partial charge in [0.15, 0.2) is 0 Å². The molecule has 0 amide bonds. The van der Waals surface area contributed by atoms with E-state index in [1.54, 1.807) is 12.1 Å². The zero-order valence-electron chi connectivity index (χ0n) is 6.72. The molecule has 0 atom stereocenters. The summed E-state index contributed by atoms with van der Waals surface area (Å²) in [6.45, 7) is 0.509. The third-order valence-corrected chi connectivity index (χ3v) is 1.47. The van der Waals surface area contributed by atoms with E-state index in [9.17, 15) is 9.50 Å². The molecule has 1 aromatic rings. The third-order valence-electron chi connectivity index (χ3n) is 1.47. The Labute approximate surface area is 71.0 Å². The molecule has 0 aliphatic rings. The highest BCUT2D eigenvalue weighted by atomic mass is 19.1. The molecular weight excluding hydrogens is 157 g/mol. The molecule has 3 heteroatoms. The molecule has 0 saturated heterocycles. The summed E-state index contributed by atoms with van der Waals surface area (Å²) < 4.78 is 12.6. The second kappa shape index (κ2) is 4.72. The molecule has 0 fully saturated rings. The smallest absolute Gasteiger partial charge is 0.125 e. The van der Waals surface area contributed by atoms with Crippen LogP contribution in [0.3, 0.4) is 0 Å². The number of rotatable bonds is 4. The maximum Gasteiger partial charge on any atom is 0.125 e. The Bertz CT molecular complexity index is 240. The van der Waals surface area contributed by atoms with Crippen LogP contribution in [0.5, 0.6) is 0 Å². The highest BCUT2D eigenvalue weighted by molar-refractivity contribution is 5.42. The van der Waals surface area contributed by atoms with Gasteiger partial charge in [0.1, 0.15) is 5.82 Å². The van der Waals surface area contributed by atoms with Gasteiger partial charge in [-0.1, -0.05) is 6.07 Å². The normalized spacial score (nSPS) is 9.83. The van der Waals surface area contributed by atoms with E-state index in [0.717, 1.165) is 5.69 Å². The average molecular weight is 168 g/mol. The Morgan fingerprint density at radius 1 is 1.42 bits per heavy atom. The van der Waals surface area contributed by atoms with Crippen molar-refractivity contribution in [1.29, 1.82) is 0 Å². The van der Waals surface area contributed by atoms with E-state index in [-0.39, 0.29) is 12.4 Å². The number of halogens is 1. The van der Waals surface area contributed by atoms with Crippen LogP contribution in [0.4, 0.5) is 10.1 Å². The molecule has 1 N–H and O–H groups in total. The minimum Gasteiger partial charge on any atom is -0.385 e. The first-order chi connectivity index (χ1) is 5.83. The van der Waals surface area contributed by atoms with E-state index < -0.39 is 0 Å². The largest absolute Gasteiger partial charge is 0.385 e. The molecule has 12 heavy (non-hydrogen) atoms. The molecule has 1 aromatic carbocycles. The molecule has 1 radical (unpaired) electrons. The monoisotopic (exact) mass is 168 g/mol. The number of hydrogen-bond acceptors (Lipinski definition) is 1. The fourth-order valence-electron chi connectivity index (χ4n) is 0.903. The summed E-state index contributed by atoms with van der Waals surface area (Å²) >= 11 is 0. The first kappa shape index (κ1) is 9.00. The average Bonchev–Trinajstić information content (AvgIpc) is 2.05. The van der Waals surface area contributed by atoms with Crippen molar-refractivity contribution in [2.75, 3.05) is 18.5 Å². The van der Waals surface area contributed by atoms with Crippen molar-refractivity contribution in [2.45, 2.75) is 6.42 Å². The molecule has 0 heterocycles. The van der Waals surface area contributed by atoms with Gasteiger partial charge in [0.25, 0.3) is 0 Å². The van der Waals surface area contributed by atoms with Crippen LogP contribution in [0.1, 0.15) is 6.42 Å². The Kier molecular flexibility index (Phi) is 3.54. The quantitative estimate of drug-likeness (QED) is 0.685. The topological polar surface area (TPSA) is 31.9 Å². The van der Waals surface area contributed by atoms with Gasteiger partial charge in [0.2, 0.25) is 0 Å². The molecule has 0 bridgehead atoms. The highest BCUT2D eigenvalue weighted by Crippen LogP contribution is 2.08. The molecule has 0 saturated carbocycles. The van der Waals surface area contributed by atoms with Crippen molar-refractivity contribution in [3.8, 4) is 0 Å². The van der Waals surface area contributed by atoms with Crippen LogP contribution in [0.25, 0.3) is 0 Å². The van der Waals surface area contributed by atoms with Crippen LogP contribution in [0, 0.1) is 5.82 Å². The van der Waals surface area contributed by atoms with E-state index in [2.05, 4.69) is 5.32 Å². The van der Waals surface area contributed by atoms with Gasteiger partial charge in [-0.25, -0.2) is 9.50 Å². The Morgan fingerprint density at radius 2 is 2.25 bits per heavy atom. The number of benzene rings is 1. The van der Waals surface area contributed by atoms with Crippen molar-refractivity contribution in [3.63, 3.8) is 0 Å². The molecule has 2 nitrogen and oxygen atoms in total. The Balaban J connectivity index is 2.41. The fraction of sp³-hybridized carbons (Fsp3) is 0.333. The summed E-state index contributed by atoms with van der Waals surface area (Å²) in [5, 5.41) is 13.0. The third kappa shape index (κ3) is 2.88. The second-order valence-corrected chi connectivity index (χ2v) is 2.49. The molecule has 0 unspecified atom stereocenters. The van der Waals surface area contributed by atoms with E-state index in [1.807, 2.05) is 0 Å². The van der Waals surface area contributed by atoms with E-state index in [1.165, 1.54) is 12.1 Å². The number of hydrogen-bond donors (Lipinski definition) is 1. The standard InChI is InChI=1S/C9H11FNO/c10-8-3-1-4-9(7-8)11-5-2-6-12/h1,3-4,7,11H,2,5-6H2. The molecule has 65 valence electrons. The predicted molar refractivity (Wildman–Crippen MR) is 45.1 cm³/mol. The van der Waals surface area contributed by atoms with Gasteiger partial charge in [-0.15, -0.1) is 0 Å². The van der Waals surface area contributed by atoms with Crippen molar-refractivity contribution in [3.05, 3.63) is 30.1 Å². The van der Waals surface area contributed by atoms with Gasteiger partial charge in [-0.3, -0.25) is 0 Å². The predicted octanol–water partition coefficient (Wildman–Crippen LogP) is 2.06. The van der Waals surface area contributed by atoms with Crippen LogP contribution in [0.15, 0.2) is 24.3 Å². The zero-order valence-corrected chi connectivity index (χ0v) is 6.72. The summed E-state index contributed by atoms with van der Waals surface area (Å²) in [6, 6.07) is 6.20. The molecular formula is C9H11FNO. The molecule has 0 aliphatic carbocycles. The summed E-state index contributed by atoms with van der Waals surface area (Å²) in [5.41, 5.74) is 0.725. The number of anilines is 1. The summed E-state index contributed by atoms with van der Waals surface area (Å²) in [4.78, 5) is 0. The van der Waals surface area contributed by atoms with Crippen LogP contribution in [-0.4, -0.2) is 13.2 Å². The van der Waals surface area contributed by atoms with Crippen molar-refractivity contribution >= 4 is 5.69 Å². The van der Waals surface area contributed by atoms with Crippen LogP contribution >= 0.6 is 0 Å². The summed E-state index contributed by atoms with van der Waals surface area (Å²) in [5.74, 6) is -0.262. The first-order valence-corrected chi connectivity index (χ1v) is 3.90. The van der Waals surface area contributed by atoms with E-state index >= 15 is 0 Å². The van der Waals surface area contributed by atoms with Crippen LogP contribution in [0.2, 0.25) is 0 Å². The van der Waals surface area contributed by atoms with Gasteiger partial charge >= 0.3 is 0 Å². The fourth-order valence-corrected chi connectivity index (χ4v) is 0.903. The summed E-state index contributed by atoms with van der Waals surface area (Å²) in [7, 11) is 0. The van der Waals surface area contributed by atoms with Gasteiger partial charge in [-0.2, -0.15) is 0 Å². The van der Waals surface area contributed by atoms with E-state index in [4.69, 9.17) is 0 Å². The van der Waals surface area contributed by atoms with Crippen LogP contribution < -0.4 is 5.32 Å². The highest BCUT2D eigenvalue weighted by Gasteiger charge is 1.92. The van der Waals surface area contributed by atoms with Gasteiger partial charge < -0.3 is 5.32 Å². The minimum atomic E-state index is -0.262. The molecule has 1 rings (SSSR count). The van der Waals surface area contributed by atoms with Gasteiger partial charge in [0.05, 0.1) is 6.61 Å². The molecule has 0 aliphatic heterocycles. The SMILES string of the molecule is [O]CCCNc1cccc(F)c1. The lowest BCUT2D eigenvalue weighted by molar-refractivity contribution is 0.192. The van der Waals surface area contributed by atoms with Gasteiger partial charge in [-0.05, 0) is 24.6 Å².